The maximum Gasteiger partial charge on any atom is 0.206 e. The largest absolute Gasteiger partial charge is 0.338 e. The van der Waals surface area contributed by atoms with Gasteiger partial charge in [-0.3, -0.25) is 0 Å². The smallest absolute Gasteiger partial charge is 0.206 e. The predicted molar refractivity (Wildman–Crippen MR) is 75.8 cm³/mol. The van der Waals surface area contributed by atoms with Crippen molar-refractivity contribution in [2.24, 2.45) is 5.73 Å². The van der Waals surface area contributed by atoms with Crippen LogP contribution < -0.4 is 10.6 Å². The van der Waals surface area contributed by atoms with Gasteiger partial charge < -0.3 is 15.2 Å². The Labute approximate surface area is 109 Å². The molecular weight excluding hydrogens is 224 g/mol. The van der Waals surface area contributed by atoms with Crippen molar-refractivity contribution in [2.75, 3.05) is 18.0 Å². The average molecular weight is 248 g/mol. The number of aryl methyl sites for hydroxylation is 1. The van der Waals surface area contributed by atoms with E-state index in [-0.39, 0.29) is 0 Å². The van der Waals surface area contributed by atoms with Crippen molar-refractivity contribution in [3.63, 3.8) is 0 Å². The topological polar surface area (TPSA) is 47.1 Å². The SMILES string of the molecule is C=CCn1cc(CC)nc1N1CCCCC1CN. The van der Waals surface area contributed by atoms with E-state index in [0.29, 0.717) is 12.6 Å². The number of aromatic nitrogens is 2. The van der Waals surface area contributed by atoms with Crippen molar-refractivity contribution >= 4 is 5.95 Å². The van der Waals surface area contributed by atoms with Crippen LogP contribution in [0.25, 0.3) is 0 Å². The normalized spacial score (nSPS) is 20.1. The third-order valence-electron chi connectivity index (χ3n) is 3.65. The molecule has 18 heavy (non-hydrogen) atoms. The van der Waals surface area contributed by atoms with Crippen LogP contribution in [-0.4, -0.2) is 28.7 Å². The zero-order valence-corrected chi connectivity index (χ0v) is 11.3. The summed E-state index contributed by atoms with van der Waals surface area (Å²) in [5, 5.41) is 0. The monoisotopic (exact) mass is 248 g/mol. The number of piperidine rings is 1. The third-order valence-corrected chi connectivity index (χ3v) is 3.65. The summed E-state index contributed by atoms with van der Waals surface area (Å²) < 4.78 is 2.19. The first-order valence-corrected chi connectivity index (χ1v) is 6.93. The second-order valence-electron chi connectivity index (χ2n) is 4.91. The highest BCUT2D eigenvalue weighted by Crippen LogP contribution is 2.24. The first-order chi connectivity index (χ1) is 8.80. The van der Waals surface area contributed by atoms with Gasteiger partial charge in [0.2, 0.25) is 5.95 Å². The molecule has 1 aliphatic heterocycles. The Morgan fingerprint density at radius 1 is 1.56 bits per heavy atom. The molecule has 1 aromatic rings. The number of hydrogen-bond acceptors (Lipinski definition) is 3. The van der Waals surface area contributed by atoms with Crippen LogP contribution in [0.1, 0.15) is 31.9 Å². The van der Waals surface area contributed by atoms with Crippen LogP contribution in [0.3, 0.4) is 0 Å². The zero-order chi connectivity index (χ0) is 13.0. The number of nitrogens with two attached hydrogens (primary N) is 1. The van der Waals surface area contributed by atoms with E-state index in [0.717, 1.165) is 31.2 Å². The lowest BCUT2D eigenvalue weighted by Gasteiger charge is -2.36. The molecule has 1 aliphatic rings. The van der Waals surface area contributed by atoms with Gasteiger partial charge in [0.15, 0.2) is 0 Å². The number of allylic oxidation sites excluding steroid dienone is 1. The molecule has 2 N–H and O–H groups in total. The van der Waals surface area contributed by atoms with Crippen LogP contribution in [0.2, 0.25) is 0 Å². The number of imidazole rings is 1. The minimum Gasteiger partial charge on any atom is -0.338 e. The molecule has 1 fully saturated rings. The molecule has 0 radical (unpaired) electrons. The minimum absolute atomic E-state index is 0.439. The first-order valence-electron chi connectivity index (χ1n) is 6.93. The van der Waals surface area contributed by atoms with Gasteiger partial charge in [-0.25, -0.2) is 4.98 Å². The van der Waals surface area contributed by atoms with E-state index in [2.05, 4.69) is 29.2 Å². The molecule has 2 rings (SSSR count). The average Bonchev–Trinajstić information content (AvgIpc) is 2.82. The van der Waals surface area contributed by atoms with Gasteiger partial charge in [0, 0.05) is 31.9 Å². The van der Waals surface area contributed by atoms with Crippen molar-refractivity contribution in [2.45, 2.75) is 45.2 Å². The van der Waals surface area contributed by atoms with Crippen LogP contribution in [0.4, 0.5) is 5.95 Å². The molecule has 4 heteroatoms. The molecule has 1 unspecified atom stereocenters. The quantitative estimate of drug-likeness (QED) is 0.810. The second-order valence-corrected chi connectivity index (χ2v) is 4.91. The molecule has 0 spiro atoms. The highest BCUT2D eigenvalue weighted by atomic mass is 15.3. The van der Waals surface area contributed by atoms with Crippen LogP contribution in [-0.2, 0) is 13.0 Å². The summed E-state index contributed by atoms with van der Waals surface area (Å²) in [6.07, 6.45) is 8.72. The van der Waals surface area contributed by atoms with Crippen molar-refractivity contribution in [1.29, 1.82) is 0 Å². The molecule has 1 aromatic heterocycles. The fourth-order valence-corrected chi connectivity index (χ4v) is 2.64. The summed E-state index contributed by atoms with van der Waals surface area (Å²) in [6, 6.07) is 0.439. The third kappa shape index (κ3) is 2.58. The maximum atomic E-state index is 5.90. The summed E-state index contributed by atoms with van der Waals surface area (Å²) in [5.41, 5.74) is 7.04. The Morgan fingerprint density at radius 3 is 3.06 bits per heavy atom. The van der Waals surface area contributed by atoms with Gasteiger partial charge in [-0.05, 0) is 25.7 Å². The highest BCUT2D eigenvalue weighted by Gasteiger charge is 2.25. The number of anilines is 1. The highest BCUT2D eigenvalue weighted by molar-refractivity contribution is 5.36. The van der Waals surface area contributed by atoms with E-state index in [4.69, 9.17) is 10.7 Å². The van der Waals surface area contributed by atoms with E-state index < -0.39 is 0 Å². The van der Waals surface area contributed by atoms with Crippen molar-refractivity contribution in [1.82, 2.24) is 9.55 Å². The number of hydrogen-bond donors (Lipinski definition) is 1. The van der Waals surface area contributed by atoms with Crippen molar-refractivity contribution in [3.8, 4) is 0 Å². The molecule has 0 aliphatic carbocycles. The van der Waals surface area contributed by atoms with Crippen LogP contribution in [0.5, 0.6) is 0 Å². The first kappa shape index (κ1) is 13.1. The van der Waals surface area contributed by atoms with E-state index in [1.54, 1.807) is 0 Å². The lowest BCUT2D eigenvalue weighted by atomic mass is 10.0. The molecular formula is C14H24N4. The fourth-order valence-electron chi connectivity index (χ4n) is 2.64. The van der Waals surface area contributed by atoms with E-state index in [1.807, 2.05) is 6.08 Å². The molecule has 0 amide bonds. The van der Waals surface area contributed by atoms with Crippen LogP contribution in [0.15, 0.2) is 18.9 Å². The summed E-state index contributed by atoms with van der Waals surface area (Å²) in [4.78, 5) is 7.14. The van der Waals surface area contributed by atoms with Gasteiger partial charge in [-0.15, -0.1) is 6.58 Å². The summed E-state index contributed by atoms with van der Waals surface area (Å²) in [6.45, 7) is 8.56. The van der Waals surface area contributed by atoms with Crippen LogP contribution in [0, 0.1) is 0 Å². The summed E-state index contributed by atoms with van der Waals surface area (Å²) in [5.74, 6) is 1.07. The standard InChI is InChI=1S/C14H24N4/c1-3-8-17-11-12(4-2)16-14(17)18-9-6-5-7-13(18)10-15/h3,11,13H,1,4-10,15H2,2H3. The Morgan fingerprint density at radius 2 is 2.39 bits per heavy atom. The molecule has 2 heterocycles. The van der Waals surface area contributed by atoms with E-state index in [1.165, 1.54) is 19.3 Å². The molecule has 4 nitrogen and oxygen atoms in total. The van der Waals surface area contributed by atoms with Gasteiger partial charge in [-0.2, -0.15) is 0 Å². The van der Waals surface area contributed by atoms with E-state index in [9.17, 15) is 0 Å². The maximum absolute atomic E-state index is 5.90. The van der Waals surface area contributed by atoms with Gasteiger partial charge in [0.05, 0.1) is 5.69 Å². The Hall–Kier alpha value is -1.29. The van der Waals surface area contributed by atoms with Gasteiger partial charge >= 0.3 is 0 Å². The number of nitrogens with zero attached hydrogens (tertiary/aromatic N) is 3. The summed E-state index contributed by atoms with van der Waals surface area (Å²) in [7, 11) is 0. The molecule has 0 bridgehead atoms. The van der Waals surface area contributed by atoms with Crippen molar-refractivity contribution < 1.29 is 0 Å². The number of rotatable bonds is 5. The minimum atomic E-state index is 0.439. The van der Waals surface area contributed by atoms with E-state index >= 15 is 0 Å². The zero-order valence-electron chi connectivity index (χ0n) is 11.3. The fraction of sp³-hybridized carbons (Fsp3) is 0.643. The summed E-state index contributed by atoms with van der Waals surface area (Å²) >= 11 is 0. The predicted octanol–water partition coefficient (Wildman–Crippen LogP) is 1.95. The van der Waals surface area contributed by atoms with Gasteiger partial charge in [0.25, 0.3) is 0 Å². The Kier molecular flexibility index (Phi) is 4.42. The Balaban J connectivity index is 2.28. The van der Waals surface area contributed by atoms with Crippen molar-refractivity contribution in [3.05, 3.63) is 24.5 Å². The second kappa shape index (κ2) is 6.05. The Bertz CT molecular complexity index is 396. The molecule has 1 atom stereocenters. The molecule has 100 valence electrons. The molecule has 0 aromatic carbocycles. The molecule has 0 saturated carbocycles. The molecule has 1 saturated heterocycles. The van der Waals surface area contributed by atoms with Gasteiger partial charge in [-0.1, -0.05) is 13.0 Å². The lowest BCUT2D eigenvalue weighted by Crippen LogP contribution is -2.45. The van der Waals surface area contributed by atoms with Gasteiger partial charge in [0.1, 0.15) is 0 Å². The lowest BCUT2D eigenvalue weighted by molar-refractivity contribution is 0.453. The van der Waals surface area contributed by atoms with Crippen LogP contribution >= 0.6 is 0 Å².